The summed E-state index contributed by atoms with van der Waals surface area (Å²) >= 11 is 0. The minimum atomic E-state index is -1.16. The van der Waals surface area contributed by atoms with E-state index in [-0.39, 0.29) is 0 Å². The van der Waals surface area contributed by atoms with E-state index >= 15 is 0 Å². The van der Waals surface area contributed by atoms with Crippen LogP contribution in [0.25, 0.3) is 0 Å². The van der Waals surface area contributed by atoms with Crippen molar-refractivity contribution >= 4 is 12.0 Å². The van der Waals surface area contributed by atoms with Gasteiger partial charge in [0.15, 0.2) is 6.61 Å². The number of rotatable bonds is 9. The van der Waals surface area contributed by atoms with Gasteiger partial charge in [-0.2, -0.15) is 0 Å². The SMILES string of the molecule is C=CCCOCCNC(=O)NOCC(=O)O. The van der Waals surface area contributed by atoms with E-state index in [4.69, 9.17) is 9.84 Å². The number of aliphatic carboxylic acids is 1. The van der Waals surface area contributed by atoms with Gasteiger partial charge >= 0.3 is 12.0 Å². The molecule has 0 aromatic carbocycles. The van der Waals surface area contributed by atoms with Crippen molar-refractivity contribution in [1.82, 2.24) is 10.8 Å². The van der Waals surface area contributed by atoms with Crippen LogP contribution >= 0.6 is 0 Å². The molecule has 92 valence electrons. The molecule has 0 aromatic rings. The van der Waals surface area contributed by atoms with Crippen molar-refractivity contribution in [2.45, 2.75) is 6.42 Å². The van der Waals surface area contributed by atoms with E-state index in [9.17, 15) is 9.59 Å². The zero-order valence-electron chi connectivity index (χ0n) is 8.90. The largest absolute Gasteiger partial charge is 0.479 e. The van der Waals surface area contributed by atoms with Gasteiger partial charge in [-0.15, -0.1) is 6.58 Å². The highest BCUT2D eigenvalue weighted by atomic mass is 16.7. The van der Waals surface area contributed by atoms with Gasteiger partial charge in [0.25, 0.3) is 0 Å². The van der Waals surface area contributed by atoms with Crippen LogP contribution in [0.3, 0.4) is 0 Å². The fraction of sp³-hybridized carbons (Fsp3) is 0.556. The summed E-state index contributed by atoms with van der Waals surface area (Å²) in [7, 11) is 0. The molecule has 0 spiro atoms. The third-order valence-electron chi connectivity index (χ3n) is 1.36. The van der Waals surface area contributed by atoms with Gasteiger partial charge in [-0.3, -0.25) is 4.84 Å². The topological polar surface area (TPSA) is 96.9 Å². The van der Waals surface area contributed by atoms with Gasteiger partial charge in [-0.25, -0.2) is 15.1 Å². The van der Waals surface area contributed by atoms with Crippen LogP contribution in [0.2, 0.25) is 0 Å². The lowest BCUT2D eigenvalue weighted by molar-refractivity contribution is -0.144. The molecule has 0 atom stereocenters. The lowest BCUT2D eigenvalue weighted by Crippen LogP contribution is -2.38. The molecule has 0 aliphatic heterocycles. The van der Waals surface area contributed by atoms with Crippen molar-refractivity contribution in [2.24, 2.45) is 0 Å². The molecule has 0 aliphatic carbocycles. The number of amides is 2. The Hall–Kier alpha value is -1.60. The summed E-state index contributed by atoms with van der Waals surface area (Å²) in [5.41, 5.74) is 1.91. The maximum atomic E-state index is 10.9. The second-order valence-corrected chi connectivity index (χ2v) is 2.73. The van der Waals surface area contributed by atoms with Gasteiger partial charge in [0.1, 0.15) is 0 Å². The molecule has 16 heavy (non-hydrogen) atoms. The molecule has 7 nitrogen and oxygen atoms in total. The van der Waals surface area contributed by atoms with E-state index in [2.05, 4.69) is 16.7 Å². The van der Waals surface area contributed by atoms with E-state index in [0.717, 1.165) is 6.42 Å². The molecule has 0 bridgehead atoms. The van der Waals surface area contributed by atoms with Gasteiger partial charge in [0.05, 0.1) is 13.2 Å². The minimum Gasteiger partial charge on any atom is -0.479 e. The molecule has 3 N–H and O–H groups in total. The van der Waals surface area contributed by atoms with Gasteiger partial charge in [0.2, 0.25) is 0 Å². The van der Waals surface area contributed by atoms with Crippen molar-refractivity contribution in [3.63, 3.8) is 0 Å². The number of ether oxygens (including phenoxy) is 1. The summed E-state index contributed by atoms with van der Waals surface area (Å²) in [6.45, 7) is 4.20. The number of hydroxylamine groups is 1. The second-order valence-electron chi connectivity index (χ2n) is 2.73. The molecule has 0 fully saturated rings. The summed E-state index contributed by atoms with van der Waals surface area (Å²) in [6.07, 6.45) is 2.49. The molecule has 0 saturated carbocycles. The van der Waals surface area contributed by atoms with Crippen molar-refractivity contribution in [2.75, 3.05) is 26.4 Å². The van der Waals surface area contributed by atoms with Crippen LogP contribution < -0.4 is 10.8 Å². The van der Waals surface area contributed by atoms with Crippen molar-refractivity contribution < 1.29 is 24.3 Å². The summed E-state index contributed by atoms with van der Waals surface area (Å²) in [5.74, 6) is -1.16. The quantitative estimate of drug-likeness (QED) is 0.293. The number of hydrogen-bond donors (Lipinski definition) is 3. The lowest BCUT2D eigenvalue weighted by Gasteiger charge is -2.06. The molecule has 0 saturated heterocycles. The van der Waals surface area contributed by atoms with E-state index in [1.807, 2.05) is 5.48 Å². The normalized spacial score (nSPS) is 9.50. The number of carboxylic acid groups (broad SMARTS) is 1. The predicted octanol–water partition coefficient (Wildman–Crippen LogP) is -0.105. The Balaban J connectivity index is 3.23. The summed E-state index contributed by atoms with van der Waals surface area (Å²) in [4.78, 5) is 25.3. The molecule has 0 aliphatic rings. The van der Waals surface area contributed by atoms with Crippen LogP contribution in [0.15, 0.2) is 12.7 Å². The van der Waals surface area contributed by atoms with Gasteiger partial charge in [0, 0.05) is 6.54 Å². The van der Waals surface area contributed by atoms with Crippen LogP contribution in [0.1, 0.15) is 6.42 Å². The monoisotopic (exact) mass is 232 g/mol. The number of urea groups is 1. The molecule has 0 radical (unpaired) electrons. The highest BCUT2D eigenvalue weighted by Gasteiger charge is 2.01. The number of carboxylic acids is 1. The Morgan fingerprint density at radius 1 is 1.38 bits per heavy atom. The maximum Gasteiger partial charge on any atom is 0.338 e. The molecule has 2 amide bonds. The van der Waals surface area contributed by atoms with Crippen LogP contribution in [-0.4, -0.2) is 43.5 Å². The second kappa shape index (κ2) is 9.94. The standard InChI is InChI=1S/C9H16N2O5/c1-2-3-5-15-6-4-10-9(14)11-16-7-8(12)13/h2H,1,3-7H2,(H,12,13)(H2,10,11,14). The van der Waals surface area contributed by atoms with E-state index in [0.29, 0.717) is 19.8 Å². The number of carbonyl (C=O) groups is 2. The first-order valence-corrected chi connectivity index (χ1v) is 4.73. The molecule has 0 heterocycles. The first kappa shape index (κ1) is 14.4. The Morgan fingerprint density at radius 3 is 2.75 bits per heavy atom. The van der Waals surface area contributed by atoms with Crippen molar-refractivity contribution in [3.05, 3.63) is 12.7 Å². The highest BCUT2D eigenvalue weighted by molar-refractivity contribution is 5.73. The van der Waals surface area contributed by atoms with Crippen LogP contribution in [0.5, 0.6) is 0 Å². The molecule has 7 heteroatoms. The molecule has 0 rings (SSSR count). The number of nitrogens with one attached hydrogen (secondary N) is 2. The Bertz CT molecular complexity index is 232. The fourth-order valence-corrected chi connectivity index (χ4v) is 0.705. The first-order chi connectivity index (χ1) is 7.66. The summed E-state index contributed by atoms with van der Waals surface area (Å²) < 4.78 is 5.12. The Morgan fingerprint density at radius 2 is 2.12 bits per heavy atom. The highest BCUT2D eigenvalue weighted by Crippen LogP contribution is 1.81. The third kappa shape index (κ3) is 10.5. The molecular formula is C9H16N2O5. The van der Waals surface area contributed by atoms with E-state index in [1.165, 1.54) is 0 Å². The van der Waals surface area contributed by atoms with E-state index < -0.39 is 18.6 Å². The van der Waals surface area contributed by atoms with Crippen LogP contribution in [-0.2, 0) is 14.4 Å². The van der Waals surface area contributed by atoms with Gasteiger partial charge in [-0.1, -0.05) is 6.08 Å². The maximum absolute atomic E-state index is 10.9. The molecule has 0 unspecified atom stereocenters. The molecular weight excluding hydrogens is 216 g/mol. The Kier molecular flexibility index (Phi) is 8.94. The predicted molar refractivity (Wildman–Crippen MR) is 55.8 cm³/mol. The summed E-state index contributed by atoms with van der Waals surface area (Å²) in [6, 6.07) is -0.603. The zero-order chi connectivity index (χ0) is 12.2. The average molecular weight is 232 g/mol. The minimum absolute atomic E-state index is 0.319. The Labute approximate surface area is 93.4 Å². The molecule has 0 aromatic heterocycles. The fourth-order valence-electron chi connectivity index (χ4n) is 0.705. The summed E-state index contributed by atoms with van der Waals surface area (Å²) in [5, 5.41) is 10.6. The van der Waals surface area contributed by atoms with E-state index in [1.54, 1.807) is 6.08 Å². The third-order valence-corrected chi connectivity index (χ3v) is 1.36. The number of hydrogen-bond acceptors (Lipinski definition) is 4. The zero-order valence-corrected chi connectivity index (χ0v) is 8.90. The van der Waals surface area contributed by atoms with Crippen molar-refractivity contribution in [1.29, 1.82) is 0 Å². The lowest BCUT2D eigenvalue weighted by atomic mass is 10.4. The number of carbonyl (C=O) groups excluding carboxylic acids is 1. The first-order valence-electron chi connectivity index (χ1n) is 4.73. The van der Waals surface area contributed by atoms with Gasteiger partial charge < -0.3 is 15.2 Å². The van der Waals surface area contributed by atoms with Crippen LogP contribution in [0, 0.1) is 0 Å². The van der Waals surface area contributed by atoms with Gasteiger partial charge in [-0.05, 0) is 6.42 Å². The smallest absolute Gasteiger partial charge is 0.338 e. The van der Waals surface area contributed by atoms with Crippen LogP contribution in [0.4, 0.5) is 4.79 Å². The average Bonchev–Trinajstić information content (AvgIpc) is 2.22. The van der Waals surface area contributed by atoms with Crippen molar-refractivity contribution in [3.8, 4) is 0 Å².